The van der Waals surface area contributed by atoms with Crippen LogP contribution in [0, 0.1) is 23.6 Å². The zero-order valence-electron chi connectivity index (χ0n) is 17.2. The van der Waals surface area contributed by atoms with Gasteiger partial charge in [-0.05, 0) is 73.8 Å². The van der Waals surface area contributed by atoms with Gasteiger partial charge in [0.05, 0.1) is 0 Å². The minimum atomic E-state index is -0.291. The van der Waals surface area contributed by atoms with Gasteiger partial charge in [-0.15, -0.1) is 10.2 Å². The fourth-order valence-electron chi connectivity index (χ4n) is 5.24. The Hall–Kier alpha value is -2.25. The molecule has 0 unspecified atom stereocenters. The molecule has 2 atom stereocenters. The quantitative estimate of drug-likeness (QED) is 0.775. The Balaban J connectivity index is 1.09. The number of nitrogens with one attached hydrogen (secondary N) is 1. The number of anilines is 1. The van der Waals surface area contributed by atoms with E-state index in [9.17, 15) is 4.39 Å². The van der Waals surface area contributed by atoms with E-state index in [2.05, 4.69) is 20.4 Å². The van der Waals surface area contributed by atoms with E-state index in [1.165, 1.54) is 57.5 Å². The van der Waals surface area contributed by atoms with Crippen LogP contribution in [0.15, 0.2) is 36.4 Å². The molecule has 0 radical (unpaired) electrons. The molecule has 3 fully saturated rings. The summed E-state index contributed by atoms with van der Waals surface area (Å²) in [5.74, 6) is 3.83. The second kappa shape index (κ2) is 8.86. The van der Waals surface area contributed by atoms with Crippen molar-refractivity contribution in [3.63, 3.8) is 0 Å². The molecule has 1 aromatic carbocycles. The number of rotatable bonds is 6. The minimum Gasteiger partial charge on any atom is -0.438 e. The highest BCUT2D eigenvalue weighted by atomic mass is 19.1. The predicted octanol–water partition coefficient (Wildman–Crippen LogP) is 3.96. The summed E-state index contributed by atoms with van der Waals surface area (Å²) in [6.45, 7) is 5.58. The van der Waals surface area contributed by atoms with Crippen molar-refractivity contribution in [2.45, 2.75) is 31.7 Å². The van der Waals surface area contributed by atoms with Gasteiger partial charge >= 0.3 is 0 Å². The molecule has 1 aromatic heterocycles. The number of halogens is 1. The molecule has 3 heterocycles. The molecule has 0 spiro atoms. The molecular weight excluding hydrogens is 383 g/mol. The van der Waals surface area contributed by atoms with Crippen LogP contribution in [0.1, 0.15) is 25.7 Å². The first-order valence-electron chi connectivity index (χ1n) is 11.0. The van der Waals surface area contributed by atoms with Crippen molar-refractivity contribution >= 4 is 5.82 Å². The van der Waals surface area contributed by atoms with Crippen LogP contribution in [0.4, 0.5) is 10.2 Å². The summed E-state index contributed by atoms with van der Waals surface area (Å²) in [6, 6.07) is 10.0. The first-order chi connectivity index (χ1) is 14.7. The van der Waals surface area contributed by atoms with Gasteiger partial charge in [0.25, 0.3) is 0 Å². The van der Waals surface area contributed by atoms with Gasteiger partial charge in [-0.25, -0.2) is 4.39 Å². The lowest BCUT2D eigenvalue weighted by Crippen LogP contribution is -2.32. The van der Waals surface area contributed by atoms with Crippen molar-refractivity contribution in [1.82, 2.24) is 15.1 Å². The zero-order chi connectivity index (χ0) is 20.3. The van der Waals surface area contributed by atoms with E-state index in [0.717, 1.165) is 36.8 Å². The Morgan fingerprint density at radius 1 is 1.00 bits per heavy atom. The summed E-state index contributed by atoms with van der Waals surface area (Å²) in [5, 5.41) is 12.0. The highest BCUT2D eigenvalue weighted by molar-refractivity contribution is 5.37. The van der Waals surface area contributed by atoms with Crippen LogP contribution in [-0.4, -0.2) is 54.0 Å². The number of hydrogen-bond acceptors (Lipinski definition) is 6. The molecule has 5 rings (SSSR count). The van der Waals surface area contributed by atoms with E-state index in [4.69, 9.17) is 9.47 Å². The van der Waals surface area contributed by atoms with E-state index in [0.29, 0.717) is 17.7 Å². The fourth-order valence-corrected chi connectivity index (χ4v) is 5.24. The zero-order valence-corrected chi connectivity index (χ0v) is 17.2. The Labute approximate surface area is 176 Å². The first-order valence-corrected chi connectivity index (χ1v) is 11.0. The number of benzene rings is 1. The Kier molecular flexibility index (Phi) is 5.82. The number of hydrogen-bond donors (Lipinski definition) is 1. The van der Waals surface area contributed by atoms with Gasteiger partial charge in [-0.1, -0.05) is 0 Å². The maximum atomic E-state index is 13.0. The second-order valence-electron chi connectivity index (χ2n) is 8.92. The number of nitrogens with zero attached hydrogens (tertiary/aromatic N) is 3. The van der Waals surface area contributed by atoms with Crippen molar-refractivity contribution < 1.29 is 13.9 Å². The molecule has 3 aliphatic rings. The Morgan fingerprint density at radius 2 is 1.73 bits per heavy atom. The summed E-state index contributed by atoms with van der Waals surface area (Å²) in [5.41, 5.74) is 0. The van der Waals surface area contributed by atoms with Crippen LogP contribution in [0.5, 0.6) is 11.6 Å². The molecule has 1 N–H and O–H groups in total. The summed E-state index contributed by atoms with van der Waals surface area (Å²) >= 11 is 0. The Bertz CT molecular complexity index is 812. The molecule has 2 aromatic rings. The van der Waals surface area contributed by atoms with Gasteiger partial charge in [-0.3, -0.25) is 0 Å². The number of likely N-dealkylation sites (tertiary alicyclic amines) is 1. The third-order valence-corrected chi connectivity index (χ3v) is 6.71. The van der Waals surface area contributed by atoms with Crippen LogP contribution >= 0.6 is 0 Å². The summed E-state index contributed by atoms with van der Waals surface area (Å²) in [4.78, 5) is 2.68. The van der Waals surface area contributed by atoms with Crippen molar-refractivity contribution in [3.05, 3.63) is 42.2 Å². The van der Waals surface area contributed by atoms with Crippen LogP contribution in [0.3, 0.4) is 0 Å². The number of fused-ring (bicyclic) bond motifs is 1. The maximum Gasteiger partial charge on any atom is 0.238 e. The molecule has 1 saturated carbocycles. The van der Waals surface area contributed by atoms with E-state index in [1.54, 1.807) is 18.2 Å². The third-order valence-electron chi connectivity index (χ3n) is 6.71. The van der Waals surface area contributed by atoms with Crippen LogP contribution < -0.4 is 10.1 Å². The summed E-state index contributed by atoms with van der Waals surface area (Å²) in [7, 11) is 0. The highest BCUT2D eigenvalue weighted by Crippen LogP contribution is 2.39. The fraction of sp³-hybridized carbons (Fsp3) is 0.565. The molecule has 2 aliphatic heterocycles. The first kappa shape index (κ1) is 19.7. The molecular formula is C23H29FN4O2. The smallest absolute Gasteiger partial charge is 0.238 e. The lowest BCUT2D eigenvalue weighted by Gasteiger charge is -2.27. The topological polar surface area (TPSA) is 59.5 Å². The molecule has 0 bridgehead atoms. The van der Waals surface area contributed by atoms with Crippen molar-refractivity contribution in [2.75, 3.05) is 38.2 Å². The van der Waals surface area contributed by atoms with Crippen LogP contribution in [0.2, 0.25) is 0 Å². The van der Waals surface area contributed by atoms with Gasteiger partial charge in [0.2, 0.25) is 5.88 Å². The van der Waals surface area contributed by atoms with Gasteiger partial charge in [0.15, 0.2) is 0 Å². The third kappa shape index (κ3) is 4.73. The van der Waals surface area contributed by atoms with E-state index >= 15 is 0 Å². The van der Waals surface area contributed by atoms with Gasteiger partial charge < -0.3 is 19.7 Å². The van der Waals surface area contributed by atoms with Gasteiger partial charge in [-0.2, -0.15) is 0 Å². The molecule has 0 amide bonds. The monoisotopic (exact) mass is 412 g/mol. The largest absolute Gasteiger partial charge is 0.438 e. The molecule has 160 valence electrons. The molecule has 7 heteroatoms. The van der Waals surface area contributed by atoms with E-state index < -0.39 is 0 Å². The standard InChI is InChI=1S/C23H29FN4O2/c24-19-1-3-21(4-2-19)30-23-6-5-22(26-27-23)25-20-11-17-14-28(15-18(17)12-20)13-16-7-9-29-10-8-16/h1-6,16-18,20H,7-15H2,(H,25,26)/t17-,18-/m1/s1. The average Bonchev–Trinajstić information content (AvgIpc) is 3.30. The predicted molar refractivity (Wildman–Crippen MR) is 112 cm³/mol. The average molecular weight is 413 g/mol. The SMILES string of the molecule is Fc1ccc(Oc2ccc(NC3C[C@@H]4CN(CC5CCOCC5)C[C@H]4C3)nn2)cc1. The molecule has 30 heavy (non-hydrogen) atoms. The summed E-state index contributed by atoms with van der Waals surface area (Å²) in [6.07, 6.45) is 4.83. The minimum absolute atomic E-state index is 0.291. The Morgan fingerprint density at radius 3 is 2.40 bits per heavy atom. The normalized spacial score (nSPS) is 25.4. The van der Waals surface area contributed by atoms with Crippen molar-refractivity contribution in [2.24, 2.45) is 17.8 Å². The number of ether oxygens (including phenoxy) is 2. The van der Waals surface area contributed by atoms with Crippen molar-refractivity contribution in [1.29, 1.82) is 0 Å². The van der Waals surface area contributed by atoms with Crippen LogP contribution in [0.25, 0.3) is 0 Å². The second-order valence-corrected chi connectivity index (χ2v) is 8.92. The van der Waals surface area contributed by atoms with Gasteiger partial charge in [0, 0.05) is 45.0 Å². The van der Waals surface area contributed by atoms with Crippen molar-refractivity contribution in [3.8, 4) is 11.6 Å². The highest BCUT2D eigenvalue weighted by Gasteiger charge is 2.41. The number of aromatic nitrogens is 2. The van der Waals surface area contributed by atoms with E-state index in [1.807, 2.05) is 6.07 Å². The van der Waals surface area contributed by atoms with E-state index in [-0.39, 0.29) is 5.82 Å². The lowest BCUT2D eigenvalue weighted by molar-refractivity contribution is 0.0545. The lowest BCUT2D eigenvalue weighted by atomic mass is 10.00. The molecule has 1 aliphatic carbocycles. The molecule has 2 saturated heterocycles. The van der Waals surface area contributed by atoms with Gasteiger partial charge in [0.1, 0.15) is 17.4 Å². The van der Waals surface area contributed by atoms with Crippen LogP contribution in [-0.2, 0) is 4.74 Å². The molecule has 6 nitrogen and oxygen atoms in total. The summed E-state index contributed by atoms with van der Waals surface area (Å²) < 4.78 is 24.1. The maximum absolute atomic E-state index is 13.0.